The largest absolute Gasteiger partial charge is 0.573 e. The van der Waals surface area contributed by atoms with Gasteiger partial charge in [-0.15, -0.1) is 13.2 Å². The number of rotatable bonds is 6. The summed E-state index contributed by atoms with van der Waals surface area (Å²) in [7, 11) is 1.51. The van der Waals surface area contributed by atoms with E-state index in [2.05, 4.69) is 9.73 Å². The van der Waals surface area contributed by atoms with Crippen molar-refractivity contribution < 1.29 is 37.3 Å². The molecule has 2 aliphatic rings. The third kappa shape index (κ3) is 6.65. The number of hydrogen-bond donors (Lipinski definition) is 1. The second-order valence-electron chi connectivity index (χ2n) is 8.87. The van der Waals surface area contributed by atoms with Gasteiger partial charge in [0, 0.05) is 24.1 Å². The van der Waals surface area contributed by atoms with Gasteiger partial charge in [-0.3, -0.25) is 14.5 Å². The van der Waals surface area contributed by atoms with Gasteiger partial charge in [0.05, 0.1) is 18.7 Å². The van der Waals surface area contributed by atoms with E-state index in [4.69, 9.17) is 16.3 Å². The number of likely N-dealkylation sites (N-methyl/N-ethyl adjacent to an activating group) is 1. The Kier molecular flexibility index (Phi) is 8.27. The Balaban J connectivity index is 1.76. The fourth-order valence-electron chi connectivity index (χ4n) is 4.34. The van der Waals surface area contributed by atoms with Gasteiger partial charge >= 0.3 is 6.36 Å². The number of alkyl halides is 3. The predicted octanol–water partition coefficient (Wildman–Crippen LogP) is 4.17. The van der Waals surface area contributed by atoms with Crippen LogP contribution in [0.25, 0.3) is 0 Å². The first-order valence-electron chi connectivity index (χ1n) is 11.8. The van der Waals surface area contributed by atoms with Crippen LogP contribution in [-0.4, -0.2) is 65.7 Å². The minimum absolute atomic E-state index is 0.0350. The molecule has 2 aromatic carbocycles. The average Bonchev–Trinajstić information content (AvgIpc) is 3.05. The zero-order chi connectivity index (χ0) is 27.4. The van der Waals surface area contributed by atoms with E-state index in [1.165, 1.54) is 29.0 Å². The highest BCUT2D eigenvalue weighted by molar-refractivity contribution is 6.30. The fourth-order valence-corrected chi connectivity index (χ4v) is 4.46. The Morgan fingerprint density at radius 3 is 2.53 bits per heavy atom. The summed E-state index contributed by atoms with van der Waals surface area (Å²) in [5, 5.41) is 10.2. The molecule has 12 heteroatoms. The Morgan fingerprint density at radius 2 is 1.84 bits per heavy atom. The molecule has 38 heavy (non-hydrogen) atoms. The molecule has 0 spiro atoms. The van der Waals surface area contributed by atoms with Crippen molar-refractivity contribution in [3.8, 4) is 11.5 Å². The highest BCUT2D eigenvalue weighted by atomic mass is 35.5. The minimum Gasteiger partial charge on any atom is -0.442 e. The lowest BCUT2D eigenvalue weighted by molar-refractivity contribution is -0.274. The summed E-state index contributed by atoms with van der Waals surface area (Å²) in [6.45, 7) is -0.647. The first-order chi connectivity index (χ1) is 18.0. The van der Waals surface area contributed by atoms with E-state index in [1.54, 1.807) is 12.1 Å². The van der Waals surface area contributed by atoms with Crippen molar-refractivity contribution in [1.82, 2.24) is 9.80 Å². The molecule has 1 unspecified atom stereocenters. The number of amides is 2. The van der Waals surface area contributed by atoms with Gasteiger partial charge in [-0.05, 0) is 49.1 Å². The summed E-state index contributed by atoms with van der Waals surface area (Å²) in [5.41, 5.74) is 1.19. The van der Waals surface area contributed by atoms with E-state index >= 15 is 0 Å². The number of carbonyl (C=O) groups excluding carboxylic acids is 2. The monoisotopic (exact) mass is 551 g/mol. The molecule has 0 radical (unpaired) electrons. The number of benzene rings is 2. The molecular weight excluding hydrogens is 527 g/mol. The summed E-state index contributed by atoms with van der Waals surface area (Å²) in [4.78, 5) is 33.2. The van der Waals surface area contributed by atoms with Crippen LogP contribution >= 0.6 is 11.6 Å². The molecule has 2 aromatic rings. The Labute approximate surface area is 221 Å². The first kappa shape index (κ1) is 27.5. The van der Waals surface area contributed by atoms with Gasteiger partial charge in [-0.1, -0.05) is 29.8 Å². The maximum Gasteiger partial charge on any atom is 0.573 e. The molecule has 202 valence electrons. The molecule has 0 aliphatic carbocycles. The topological polar surface area (TPSA) is 91.7 Å². The van der Waals surface area contributed by atoms with Crippen molar-refractivity contribution in [2.24, 2.45) is 10.9 Å². The van der Waals surface area contributed by atoms with E-state index in [0.29, 0.717) is 23.4 Å². The van der Waals surface area contributed by atoms with Gasteiger partial charge in [0.1, 0.15) is 23.9 Å². The molecule has 2 aliphatic heterocycles. The van der Waals surface area contributed by atoms with Crippen LogP contribution in [0.2, 0.25) is 5.02 Å². The lowest BCUT2D eigenvalue weighted by Crippen LogP contribution is -2.38. The van der Waals surface area contributed by atoms with Crippen molar-refractivity contribution in [2.75, 3.05) is 26.7 Å². The number of carbonyl (C=O) groups is 2. The third-order valence-electron chi connectivity index (χ3n) is 6.09. The Bertz CT molecular complexity index is 1260. The van der Waals surface area contributed by atoms with E-state index in [-0.39, 0.29) is 49.5 Å². The van der Waals surface area contributed by atoms with Crippen LogP contribution in [0.3, 0.4) is 0 Å². The number of aliphatic hydroxyl groups is 1. The normalized spacial score (nSPS) is 18.6. The van der Waals surface area contributed by atoms with Gasteiger partial charge < -0.3 is 19.5 Å². The van der Waals surface area contributed by atoms with Crippen molar-refractivity contribution in [2.45, 2.75) is 25.6 Å². The fraction of sp³-hybridized carbons (Fsp3) is 0.346. The maximum atomic E-state index is 13.2. The summed E-state index contributed by atoms with van der Waals surface area (Å²) >= 11 is 6.02. The van der Waals surface area contributed by atoms with Gasteiger partial charge in [0.25, 0.3) is 5.91 Å². The van der Waals surface area contributed by atoms with Crippen LogP contribution in [-0.2, 0) is 16.0 Å². The zero-order valence-corrected chi connectivity index (χ0v) is 21.1. The highest BCUT2D eigenvalue weighted by Gasteiger charge is 2.36. The van der Waals surface area contributed by atoms with Crippen LogP contribution in [0.5, 0.6) is 11.5 Å². The number of β-amino-alcohol motifs (C(OH)–C–C–N with tert-alkyl or cyclic N) is 1. The van der Waals surface area contributed by atoms with E-state index < -0.39 is 23.9 Å². The van der Waals surface area contributed by atoms with Crippen LogP contribution in [0.15, 0.2) is 64.9 Å². The van der Waals surface area contributed by atoms with Crippen molar-refractivity contribution in [1.29, 1.82) is 0 Å². The van der Waals surface area contributed by atoms with Gasteiger partial charge in [-0.25, -0.2) is 0 Å². The molecule has 2 heterocycles. The molecule has 1 atom stereocenters. The van der Waals surface area contributed by atoms with Crippen LogP contribution in [0.1, 0.15) is 18.4 Å². The van der Waals surface area contributed by atoms with Crippen LogP contribution in [0.4, 0.5) is 13.2 Å². The first-order valence-corrected chi connectivity index (χ1v) is 12.2. The Hall–Kier alpha value is -3.57. The second-order valence-corrected chi connectivity index (χ2v) is 9.31. The molecule has 0 saturated carbocycles. The molecular formula is C26H25ClF3N3O5. The minimum atomic E-state index is -4.88. The number of nitrogens with zero attached hydrogens (tertiary/aromatic N) is 3. The number of ether oxygens (including phenoxy) is 2. The van der Waals surface area contributed by atoms with Crippen molar-refractivity contribution in [3.05, 3.63) is 70.5 Å². The SMILES string of the molecule is CN1CC(=O)N(CCO)C2=C(CCC(Cc3ccc(Cl)cc3)C(Oc3cccc(OC(F)(F)F)c3)=N2)C1=O. The molecule has 0 saturated heterocycles. The van der Waals surface area contributed by atoms with Crippen LogP contribution < -0.4 is 9.47 Å². The third-order valence-corrected chi connectivity index (χ3v) is 6.34. The number of aliphatic hydroxyl groups excluding tert-OH is 1. The molecule has 8 nitrogen and oxygen atoms in total. The summed E-state index contributed by atoms with van der Waals surface area (Å²) in [6, 6.07) is 12.2. The van der Waals surface area contributed by atoms with Crippen molar-refractivity contribution >= 4 is 29.3 Å². The van der Waals surface area contributed by atoms with Gasteiger partial charge in [0.15, 0.2) is 5.90 Å². The number of hydrogen-bond acceptors (Lipinski definition) is 6. The summed E-state index contributed by atoms with van der Waals surface area (Å²) in [5.74, 6) is -1.46. The molecule has 4 rings (SSSR count). The molecule has 0 bridgehead atoms. The standard InChI is InChI=1S/C26H25ClF3N3O5/c1-32-15-22(35)33(11-12-34)23-21(25(32)36)10-7-17(13-16-5-8-18(27)9-6-16)24(31-23)37-19-3-2-4-20(14-19)38-26(28,29)30/h2-6,8-9,14,17,34H,7,10-13,15H2,1H3. The van der Waals surface area contributed by atoms with E-state index in [0.717, 1.165) is 17.7 Å². The zero-order valence-electron chi connectivity index (χ0n) is 20.4. The smallest absolute Gasteiger partial charge is 0.442 e. The molecule has 1 N–H and O–H groups in total. The Morgan fingerprint density at radius 1 is 1.13 bits per heavy atom. The maximum absolute atomic E-state index is 13.2. The van der Waals surface area contributed by atoms with E-state index in [9.17, 15) is 27.9 Å². The number of halogens is 4. The van der Waals surface area contributed by atoms with Gasteiger partial charge in [-0.2, -0.15) is 4.99 Å². The lowest BCUT2D eigenvalue weighted by atomic mass is 9.93. The quantitative estimate of drug-likeness (QED) is 0.582. The van der Waals surface area contributed by atoms with Crippen molar-refractivity contribution in [3.63, 3.8) is 0 Å². The second kappa shape index (κ2) is 11.4. The molecule has 0 aromatic heterocycles. The molecule has 2 amide bonds. The van der Waals surface area contributed by atoms with E-state index in [1.807, 2.05) is 12.1 Å². The average molecular weight is 552 g/mol. The summed E-state index contributed by atoms with van der Waals surface area (Å²) < 4.78 is 48.3. The number of aliphatic imine (C=N–C) groups is 1. The van der Waals surface area contributed by atoms with Gasteiger partial charge in [0.2, 0.25) is 5.91 Å². The summed E-state index contributed by atoms with van der Waals surface area (Å²) in [6.07, 6.45) is -3.79. The lowest BCUT2D eigenvalue weighted by Gasteiger charge is -2.23. The molecule has 0 fully saturated rings. The van der Waals surface area contributed by atoms with Crippen LogP contribution in [0, 0.1) is 5.92 Å². The highest BCUT2D eigenvalue weighted by Crippen LogP contribution is 2.33. The predicted molar refractivity (Wildman–Crippen MR) is 133 cm³/mol.